The van der Waals surface area contributed by atoms with Gasteiger partial charge in [-0.25, -0.2) is 12.8 Å². The number of piperazine rings is 1. The number of hydrogen-bond donors (Lipinski definition) is 3. The van der Waals surface area contributed by atoms with E-state index in [1.54, 1.807) is 6.07 Å². The molecule has 0 saturated carbocycles. The molecule has 0 aliphatic carbocycles. The molecule has 0 bridgehead atoms. The Labute approximate surface area is 278 Å². The Balaban J connectivity index is 1.40. The summed E-state index contributed by atoms with van der Waals surface area (Å²) in [6, 6.07) is 10.4. The highest BCUT2D eigenvalue weighted by molar-refractivity contribution is 7.91. The molecule has 2 amide bonds. The number of amides is 2. The number of benzene rings is 3. The van der Waals surface area contributed by atoms with Gasteiger partial charge in [-0.3, -0.25) is 14.7 Å². The molecule has 49 heavy (non-hydrogen) atoms. The van der Waals surface area contributed by atoms with Crippen LogP contribution in [0.3, 0.4) is 0 Å². The van der Waals surface area contributed by atoms with Crippen LogP contribution in [0, 0.1) is 5.82 Å². The molecule has 12 nitrogen and oxygen atoms in total. The number of nitrogens with one attached hydrogen (secondary N) is 3. The van der Waals surface area contributed by atoms with Crippen molar-refractivity contribution in [3.63, 3.8) is 0 Å². The number of fused-ring (bicyclic) bond motifs is 1. The van der Waals surface area contributed by atoms with Gasteiger partial charge in [-0.05, 0) is 61.4 Å². The minimum absolute atomic E-state index is 0.00602. The van der Waals surface area contributed by atoms with Crippen LogP contribution < -0.4 is 25.2 Å². The predicted molar refractivity (Wildman–Crippen MR) is 171 cm³/mol. The highest BCUT2D eigenvalue weighted by Crippen LogP contribution is 2.36. The Morgan fingerprint density at radius 1 is 1.02 bits per heavy atom. The molecule has 0 radical (unpaired) electrons. The molecule has 4 aromatic rings. The summed E-state index contributed by atoms with van der Waals surface area (Å²) < 4.78 is 93.7. The zero-order valence-electron chi connectivity index (χ0n) is 26.1. The van der Waals surface area contributed by atoms with E-state index in [2.05, 4.69) is 20.8 Å². The maximum absolute atomic E-state index is 14.2. The van der Waals surface area contributed by atoms with Crippen molar-refractivity contribution in [2.75, 3.05) is 61.6 Å². The molecular weight excluding hydrogens is 672 g/mol. The topological polar surface area (TPSA) is 146 Å². The molecule has 0 spiro atoms. The van der Waals surface area contributed by atoms with E-state index in [1.807, 2.05) is 4.90 Å². The minimum Gasteiger partial charge on any atom is -0.497 e. The lowest BCUT2D eigenvalue weighted by atomic mass is 10.0. The van der Waals surface area contributed by atoms with Gasteiger partial charge in [-0.1, -0.05) is 0 Å². The molecule has 1 aromatic heterocycles. The fraction of sp³-hybridized carbons (Fsp3) is 0.344. The number of hydrogen-bond acceptors (Lipinski definition) is 9. The van der Waals surface area contributed by atoms with Crippen molar-refractivity contribution in [3.8, 4) is 5.75 Å². The van der Waals surface area contributed by atoms with Crippen LogP contribution in [-0.4, -0.2) is 89.2 Å². The number of anilines is 3. The number of nitrogens with zero attached hydrogens (tertiary/aromatic N) is 3. The van der Waals surface area contributed by atoms with Gasteiger partial charge in [0.2, 0.25) is 9.84 Å². The Morgan fingerprint density at radius 2 is 1.76 bits per heavy atom. The second kappa shape index (κ2) is 13.6. The smallest absolute Gasteiger partial charge is 0.471 e. The average Bonchev–Trinajstić information content (AvgIpc) is 3.50. The van der Waals surface area contributed by atoms with Gasteiger partial charge in [0.25, 0.3) is 5.91 Å². The van der Waals surface area contributed by atoms with Gasteiger partial charge < -0.3 is 29.9 Å². The number of methoxy groups -OCH3 is 1. The highest BCUT2D eigenvalue weighted by Gasteiger charge is 2.46. The van der Waals surface area contributed by atoms with Gasteiger partial charge >= 0.3 is 12.1 Å². The van der Waals surface area contributed by atoms with Crippen molar-refractivity contribution in [2.24, 2.45) is 0 Å². The summed E-state index contributed by atoms with van der Waals surface area (Å²) in [6.07, 6.45) is -4.98. The Kier molecular flexibility index (Phi) is 9.50. The average molecular weight is 705 g/mol. The zero-order chi connectivity index (χ0) is 34.9. The fourth-order valence-electron chi connectivity index (χ4n) is 5.96. The molecule has 2 aliphatic rings. The van der Waals surface area contributed by atoms with Gasteiger partial charge in [0.15, 0.2) is 5.82 Å². The van der Waals surface area contributed by atoms with Crippen LogP contribution in [0.5, 0.6) is 5.75 Å². The van der Waals surface area contributed by atoms with E-state index < -0.39 is 39.7 Å². The molecule has 0 atom stereocenters. The lowest BCUT2D eigenvalue weighted by Crippen LogP contribution is -2.50. The Morgan fingerprint density at radius 3 is 2.45 bits per heavy atom. The molecule has 2 saturated heterocycles. The highest BCUT2D eigenvalue weighted by atomic mass is 32.2. The van der Waals surface area contributed by atoms with E-state index in [1.165, 1.54) is 43.5 Å². The van der Waals surface area contributed by atoms with Gasteiger partial charge in [-0.15, -0.1) is 0 Å². The van der Waals surface area contributed by atoms with E-state index in [9.17, 15) is 35.6 Å². The summed E-state index contributed by atoms with van der Waals surface area (Å²) >= 11 is 0. The summed E-state index contributed by atoms with van der Waals surface area (Å²) in [7, 11) is -3.01. The van der Waals surface area contributed by atoms with E-state index in [0.717, 1.165) is 12.1 Å². The molecular formula is C32H32F4N6O6S. The van der Waals surface area contributed by atoms with Crippen molar-refractivity contribution in [1.82, 2.24) is 15.5 Å². The molecule has 3 N–H and O–H groups in total. The van der Waals surface area contributed by atoms with E-state index in [-0.39, 0.29) is 64.1 Å². The number of carbonyl (C=O) groups excluding carboxylic acids is 2. The number of sulfone groups is 1. The van der Waals surface area contributed by atoms with Crippen molar-refractivity contribution < 1.29 is 45.0 Å². The van der Waals surface area contributed by atoms with E-state index >= 15 is 0 Å². The van der Waals surface area contributed by atoms with Gasteiger partial charge in [-0.2, -0.15) is 18.3 Å². The summed E-state index contributed by atoms with van der Waals surface area (Å²) in [4.78, 5) is 28.9. The van der Waals surface area contributed by atoms with Crippen LogP contribution in [0.15, 0.2) is 64.4 Å². The van der Waals surface area contributed by atoms with Crippen LogP contribution >= 0.6 is 0 Å². The van der Waals surface area contributed by atoms with Crippen LogP contribution in [0.2, 0.25) is 0 Å². The normalized spacial score (nSPS) is 16.1. The lowest BCUT2D eigenvalue weighted by Gasteiger charge is -2.37. The summed E-state index contributed by atoms with van der Waals surface area (Å²) in [5, 5.41) is 12.7. The van der Waals surface area contributed by atoms with Crippen molar-refractivity contribution in [1.29, 1.82) is 0 Å². The SMILES string of the molecule is COc1cc(F)cc(S(=O)(=O)c2ccc3[nH]nc(NC(=O)c4ccc(N5CCNCC5)cc4N(C(=O)C(F)(F)F)C4CCOCC4)c3c2)c1. The number of ether oxygens (including phenoxy) is 2. The molecule has 2 aliphatic heterocycles. The number of H-pyrrole nitrogens is 1. The van der Waals surface area contributed by atoms with Gasteiger partial charge in [0.1, 0.15) is 11.6 Å². The monoisotopic (exact) mass is 704 g/mol. The molecule has 0 unspecified atom stereocenters. The summed E-state index contributed by atoms with van der Waals surface area (Å²) in [5.74, 6) is -3.95. The van der Waals surface area contributed by atoms with Crippen molar-refractivity contribution >= 4 is 49.7 Å². The second-order valence-corrected chi connectivity index (χ2v) is 13.5. The Hall–Kier alpha value is -4.74. The molecule has 260 valence electrons. The van der Waals surface area contributed by atoms with Crippen LogP contribution in [-0.2, 0) is 19.4 Å². The number of alkyl halides is 3. The summed E-state index contributed by atoms with van der Waals surface area (Å²) in [6.45, 7) is 2.67. The third-order valence-electron chi connectivity index (χ3n) is 8.45. The number of rotatable bonds is 8. The Bertz CT molecular complexity index is 1990. The third-order valence-corrected chi connectivity index (χ3v) is 10.2. The predicted octanol–water partition coefficient (Wildman–Crippen LogP) is 4.28. The van der Waals surface area contributed by atoms with Crippen LogP contribution in [0.1, 0.15) is 23.2 Å². The number of aromatic amines is 1. The fourth-order valence-corrected chi connectivity index (χ4v) is 7.29. The standard InChI is InChI=1S/C32H32F4N6O6S/c1-47-22-14-19(33)15-24(17-22)49(45,46)23-3-5-27-26(18-23)29(40-39-27)38-30(43)25-4-2-21(41-10-8-37-9-11-41)16-28(25)42(31(44)32(34,35)36)20-6-12-48-13-7-20/h2-5,14-18,20,37H,6-13H2,1H3,(H2,38,39,40,43). The van der Waals surface area contributed by atoms with Gasteiger partial charge in [0, 0.05) is 62.6 Å². The maximum Gasteiger partial charge on any atom is 0.471 e. The third kappa shape index (κ3) is 7.04. The lowest BCUT2D eigenvalue weighted by molar-refractivity contribution is -0.171. The minimum atomic E-state index is -5.23. The van der Waals surface area contributed by atoms with Gasteiger partial charge in [0.05, 0.1) is 33.7 Å². The van der Waals surface area contributed by atoms with Crippen molar-refractivity contribution in [3.05, 3.63) is 66.0 Å². The van der Waals surface area contributed by atoms with Crippen LogP contribution in [0.25, 0.3) is 10.9 Å². The maximum atomic E-state index is 14.2. The molecule has 3 heterocycles. The second-order valence-electron chi connectivity index (χ2n) is 11.5. The number of carbonyl (C=O) groups is 2. The molecule has 3 aromatic carbocycles. The number of aromatic nitrogens is 2. The first-order chi connectivity index (χ1) is 23.4. The largest absolute Gasteiger partial charge is 0.497 e. The first kappa shape index (κ1) is 34.1. The summed E-state index contributed by atoms with van der Waals surface area (Å²) in [5.41, 5.74) is 0.409. The van der Waals surface area contributed by atoms with E-state index in [0.29, 0.717) is 42.3 Å². The number of halogens is 4. The van der Waals surface area contributed by atoms with Crippen LogP contribution in [0.4, 0.5) is 34.8 Å². The van der Waals surface area contributed by atoms with E-state index in [4.69, 9.17) is 9.47 Å². The zero-order valence-corrected chi connectivity index (χ0v) is 27.0. The molecule has 6 rings (SSSR count). The molecule has 17 heteroatoms. The molecule has 2 fully saturated rings. The quantitative estimate of drug-likeness (QED) is 0.229. The first-order valence-electron chi connectivity index (χ1n) is 15.3. The van der Waals surface area contributed by atoms with Crippen molar-refractivity contribution in [2.45, 2.75) is 34.9 Å². The first-order valence-corrected chi connectivity index (χ1v) is 16.8.